The molecule has 0 bridgehead atoms. The first-order valence-electron chi connectivity index (χ1n) is 10.5. The summed E-state index contributed by atoms with van der Waals surface area (Å²) in [5.74, 6) is 2.50. The van der Waals surface area contributed by atoms with Crippen molar-refractivity contribution in [1.29, 1.82) is 0 Å². The number of hydrogen-bond acceptors (Lipinski definition) is 6. The maximum atomic E-state index is 12.8. The molecule has 2 aromatic rings. The van der Waals surface area contributed by atoms with Gasteiger partial charge in [0.05, 0.1) is 13.2 Å². The van der Waals surface area contributed by atoms with E-state index >= 15 is 0 Å². The largest absolute Gasteiger partial charge is 0.493 e. The highest BCUT2D eigenvalue weighted by Crippen LogP contribution is 2.27. The molecular formula is C21H31F2N5O3. The minimum atomic E-state index is -2.93. The molecule has 1 heterocycles. The van der Waals surface area contributed by atoms with E-state index in [0.29, 0.717) is 55.1 Å². The predicted molar refractivity (Wildman–Crippen MR) is 114 cm³/mol. The van der Waals surface area contributed by atoms with E-state index in [1.54, 1.807) is 12.1 Å². The van der Waals surface area contributed by atoms with Crippen LogP contribution in [0.15, 0.2) is 27.7 Å². The van der Waals surface area contributed by atoms with Crippen LogP contribution < -0.4 is 20.1 Å². The van der Waals surface area contributed by atoms with Gasteiger partial charge in [0.1, 0.15) is 11.5 Å². The van der Waals surface area contributed by atoms with Gasteiger partial charge in [0.2, 0.25) is 5.89 Å². The molecule has 1 aromatic heterocycles. The van der Waals surface area contributed by atoms with Crippen LogP contribution in [0.4, 0.5) is 8.78 Å². The number of benzene rings is 1. The lowest BCUT2D eigenvalue weighted by Gasteiger charge is -2.14. The molecule has 0 aliphatic rings. The van der Waals surface area contributed by atoms with E-state index in [9.17, 15) is 8.78 Å². The summed E-state index contributed by atoms with van der Waals surface area (Å²) in [5.41, 5.74) is 0.528. The number of nitrogens with one attached hydrogen (secondary N) is 2. The van der Waals surface area contributed by atoms with Crippen LogP contribution in [0.25, 0.3) is 0 Å². The molecule has 0 aliphatic heterocycles. The first kappa shape index (κ1) is 24.4. The first-order chi connectivity index (χ1) is 14.9. The van der Waals surface area contributed by atoms with Crippen LogP contribution in [0.5, 0.6) is 11.5 Å². The Balaban J connectivity index is 2.02. The highest BCUT2D eigenvalue weighted by molar-refractivity contribution is 5.79. The molecule has 10 heteroatoms. The molecule has 0 fully saturated rings. The Morgan fingerprint density at radius 2 is 2.03 bits per heavy atom. The maximum Gasteiger partial charge on any atom is 0.387 e. The van der Waals surface area contributed by atoms with Crippen LogP contribution in [-0.4, -0.2) is 42.4 Å². The van der Waals surface area contributed by atoms with Crippen molar-refractivity contribution in [2.24, 2.45) is 4.99 Å². The van der Waals surface area contributed by atoms with Crippen LogP contribution in [0.2, 0.25) is 0 Å². The number of guanidine groups is 1. The Hall–Kier alpha value is -2.91. The lowest BCUT2D eigenvalue weighted by molar-refractivity contribution is -0.0505. The Morgan fingerprint density at radius 3 is 2.68 bits per heavy atom. The molecule has 0 saturated heterocycles. The van der Waals surface area contributed by atoms with Gasteiger partial charge in [-0.15, -0.1) is 0 Å². The number of rotatable bonds is 12. The van der Waals surface area contributed by atoms with Crippen LogP contribution in [-0.2, 0) is 13.0 Å². The monoisotopic (exact) mass is 439 g/mol. The number of alkyl halides is 2. The SMILES string of the molecule is CCCOc1ccc(CN=C(NCC)NCCc2nc(C(C)C)no2)c(OC(F)F)c1. The zero-order chi connectivity index (χ0) is 22.6. The van der Waals surface area contributed by atoms with Crippen LogP contribution in [0.1, 0.15) is 57.3 Å². The van der Waals surface area contributed by atoms with Gasteiger partial charge in [-0.25, -0.2) is 4.99 Å². The van der Waals surface area contributed by atoms with Crippen molar-refractivity contribution in [3.05, 3.63) is 35.5 Å². The van der Waals surface area contributed by atoms with Gasteiger partial charge >= 0.3 is 6.61 Å². The molecule has 0 saturated carbocycles. The average molecular weight is 440 g/mol. The molecule has 1 aromatic carbocycles. The quantitative estimate of drug-likeness (QED) is 0.383. The van der Waals surface area contributed by atoms with Crippen molar-refractivity contribution in [2.45, 2.75) is 59.6 Å². The highest BCUT2D eigenvalue weighted by atomic mass is 19.3. The van der Waals surface area contributed by atoms with E-state index in [4.69, 9.17) is 9.26 Å². The second-order valence-electron chi connectivity index (χ2n) is 7.07. The predicted octanol–water partition coefficient (Wildman–Crippen LogP) is 3.88. The normalized spacial score (nSPS) is 11.8. The summed E-state index contributed by atoms with van der Waals surface area (Å²) >= 11 is 0. The van der Waals surface area contributed by atoms with Crippen molar-refractivity contribution in [2.75, 3.05) is 19.7 Å². The van der Waals surface area contributed by atoms with E-state index in [1.165, 1.54) is 6.07 Å². The molecule has 172 valence electrons. The minimum absolute atomic E-state index is 0.0512. The van der Waals surface area contributed by atoms with Crippen molar-refractivity contribution in [1.82, 2.24) is 20.8 Å². The van der Waals surface area contributed by atoms with Crippen LogP contribution in [0, 0.1) is 0 Å². The smallest absolute Gasteiger partial charge is 0.387 e. The van der Waals surface area contributed by atoms with Gasteiger partial charge in [-0.3, -0.25) is 0 Å². The zero-order valence-corrected chi connectivity index (χ0v) is 18.5. The molecule has 0 radical (unpaired) electrons. The first-order valence-corrected chi connectivity index (χ1v) is 10.5. The second kappa shape index (κ2) is 12.7. The third-order valence-electron chi connectivity index (χ3n) is 4.11. The highest BCUT2D eigenvalue weighted by Gasteiger charge is 2.12. The lowest BCUT2D eigenvalue weighted by atomic mass is 10.2. The molecule has 2 rings (SSSR count). The summed E-state index contributed by atoms with van der Waals surface area (Å²) in [4.78, 5) is 8.81. The molecule has 0 amide bonds. The molecule has 0 spiro atoms. The maximum absolute atomic E-state index is 12.8. The fourth-order valence-corrected chi connectivity index (χ4v) is 2.58. The van der Waals surface area contributed by atoms with Gasteiger partial charge < -0.3 is 24.6 Å². The zero-order valence-electron chi connectivity index (χ0n) is 18.5. The van der Waals surface area contributed by atoms with Crippen molar-refractivity contribution in [3.63, 3.8) is 0 Å². The Kier molecular flexibility index (Phi) is 9.99. The van der Waals surface area contributed by atoms with Gasteiger partial charge in [-0.05, 0) is 25.5 Å². The van der Waals surface area contributed by atoms with Crippen molar-refractivity contribution >= 4 is 5.96 Å². The van der Waals surface area contributed by atoms with Gasteiger partial charge in [0, 0.05) is 37.1 Å². The summed E-state index contributed by atoms with van der Waals surface area (Å²) in [6.07, 6.45) is 1.35. The molecule has 8 nitrogen and oxygen atoms in total. The molecule has 0 aliphatic carbocycles. The lowest BCUT2D eigenvalue weighted by Crippen LogP contribution is -2.38. The summed E-state index contributed by atoms with van der Waals surface area (Å²) in [6.45, 7) is 6.80. The van der Waals surface area contributed by atoms with E-state index in [2.05, 4.69) is 30.5 Å². The second-order valence-corrected chi connectivity index (χ2v) is 7.07. The third kappa shape index (κ3) is 8.39. The topological polar surface area (TPSA) is 93.8 Å². The molecule has 0 atom stereocenters. The van der Waals surface area contributed by atoms with E-state index < -0.39 is 6.61 Å². The fourth-order valence-electron chi connectivity index (χ4n) is 2.58. The number of nitrogens with zero attached hydrogens (tertiary/aromatic N) is 3. The molecule has 31 heavy (non-hydrogen) atoms. The summed E-state index contributed by atoms with van der Waals surface area (Å²) < 4.78 is 41.1. The average Bonchev–Trinajstić information content (AvgIpc) is 3.20. The van der Waals surface area contributed by atoms with E-state index in [0.717, 1.165) is 6.42 Å². The van der Waals surface area contributed by atoms with E-state index in [1.807, 2.05) is 27.7 Å². The van der Waals surface area contributed by atoms with E-state index in [-0.39, 0.29) is 18.2 Å². The summed E-state index contributed by atoms with van der Waals surface area (Å²) in [5, 5.41) is 10.2. The van der Waals surface area contributed by atoms with Gasteiger partial charge in [0.25, 0.3) is 0 Å². The number of hydrogen-bond donors (Lipinski definition) is 2. The number of aliphatic imine (C=N–C) groups is 1. The minimum Gasteiger partial charge on any atom is -0.493 e. The number of ether oxygens (including phenoxy) is 2. The summed E-state index contributed by atoms with van der Waals surface area (Å²) in [6, 6.07) is 4.87. The fraction of sp³-hybridized carbons (Fsp3) is 0.571. The third-order valence-corrected chi connectivity index (χ3v) is 4.11. The number of aromatic nitrogens is 2. The van der Waals surface area contributed by atoms with Crippen LogP contribution >= 0.6 is 0 Å². The Bertz CT molecular complexity index is 827. The van der Waals surface area contributed by atoms with Crippen LogP contribution in [0.3, 0.4) is 0 Å². The Labute approximate surface area is 181 Å². The van der Waals surface area contributed by atoms with Crippen molar-refractivity contribution < 1.29 is 22.8 Å². The van der Waals surface area contributed by atoms with Gasteiger partial charge in [-0.1, -0.05) is 25.9 Å². The van der Waals surface area contributed by atoms with Gasteiger partial charge in [0.15, 0.2) is 11.8 Å². The van der Waals surface area contributed by atoms with Gasteiger partial charge in [-0.2, -0.15) is 13.8 Å². The Morgan fingerprint density at radius 1 is 1.23 bits per heavy atom. The summed E-state index contributed by atoms with van der Waals surface area (Å²) in [7, 11) is 0. The van der Waals surface area contributed by atoms with Crippen molar-refractivity contribution in [3.8, 4) is 11.5 Å². The molecular weight excluding hydrogens is 408 g/mol. The standard InChI is InChI=1S/C21H31F2N5O3/c1-5-11-29-16-8-7-15(17(12-16)30-20(22)23)13-26-21(24-6-2)25-10-9-18-27-19(14(3)4)28-31-18/h7-8,12,14,20H,5-6,9-11,13H2,1-4H3,(H2,24,25,26). The number of halogens is 2. The molecule has 0 unspecified atom stereocenters. The molecule has 2 N–H and O–H groups in total.